The predicted molar refractivity (Wildman–Crippen MR) is 70.8 cm³/mol. The normalized spacial score (nSPS) is 9.88. The summed E-state index contributed by atoms with van der Waals surface area (Å²) in [6.07, 6.45) is 0. The van der Waals surface area contributed by atoms with Crippen molar-refractivity contribution in [2.24, 2.45) is 0 Å². The van der Waals surface area contributed by atoms with E-state index in [0.717, 1.165) is 21.9 Å². The number of nitriles is 1. The lowest BCUT2D eigenvalue weighted by atomic mass is 10.1. The number of hydrogen-bond donors (Lipinski definition) is 0. The molecular weight excluding hydrogens is 228 g/mol. The van der Waals surface area contributed by atoms with Crippen LogP contribution in [0.1, 0.15) is 12.6 Å². The molecule has 0 spiro atoms. The molecule has 17 heavy (non-hydrogen) atoms. The van der Waals surface area contributed by atoms with Crippen molar-refractivity contribution in [1.29, 1.82) is 5.26 Å². The first-order valence-electron chi connectivity index (χ1n) is 5.44. The molecule has 3 heteroatoms. The van der Waals surface area contributed by atoms with Gasteiger partial charge >= 0.3 is 0 Å². The van der Waals surface area contributed by atoms with Crippen molar-refractivity contribution in [3.8, 4) is 17.3 Å². The minimum absolute atomic E-state index is 0.512. The van der Waals surface area contributed by atoms with Crippen molar-refractivity contribution in [3.05, 3.63) is 48.2 Å². The molecule has 2 rings (SSSR count). The molecule has 0 saturated carbocycles. The lowest BCUT2D eigenvalue weighted by molar-refractivity contribution is 1.18. The van der Waals surface area contributed by atoms with E-state index in [2.05, 4.69) is 18.0 Å². The van der Waals surface area contributed by atoms with Crippen LogP contribution in [0.4, 0.5) is 0 Å². The summed E-state index contributed by atoms with van der Waals surface area (Å²) in [6, 6.07) is 16.0. The van der Waals surface area contributed by atoms with Crippen LogP contribution in [0.3, 0.4) is 0 Å². The van der Waals surface area contributed by atoms with E-state index in [1.807, 2.05) is 42.5 Å². The summed E-state index contributed by atoms with van der Waals surface area (Å²) >= 11 is 1.65. The highest BCUT2D eigenvalue weighted by Gasteiger charge is 2.06. The molecule has 2 nitrogen and oxygen atoms in total. The molecule has 0 unspecified atom stereocenters. The minimum atomic E-state index is 0.512. The van der Waals surface area contributed by atoms with Crippen LogP contribution in [0.25, 0.3) is 11.3 Å². The molecule has 0 bridgehead atoms. The summed E-state index contributed by atoms with van der Waals surface area (Å²) < 4.78 is 0. The Kier molecular flexibility index (Phi) is 3.79. The Balaban J connectivity index is 2.43. The highest BCUT2D eigenvalue weighted by atomic mass is 32.2. The maximum Gasteiger partial charge on any atom is 0.154 e. The third-order valence-electron chi connectivity index (χ3n) is 2.33. The van der Waals surface area contributed by atoms with E-state index in [1.165, 1.54) is 0 Å². The Morgan fingerprint density at radius 1 is 1.18 bits per heavy atom. The van der Waals surface area contributed by atoms with E-state index < -0.39 is 0 Å². The third-order valence-corrected chi connectivity index (χ3v) is 3.26. The first-order valence-corrected chi connectivity index (χ1v) is 6.43. The highest BCUT2D eigenvalue weighted by molar-refractivity contribution is 7.99. The van der Waals surface area contributed by atoms with Gasteiger partial charge in [0.25, 0.3) is 0 Å². The molecule has 0 radical (unpaired) electrons. The molecule has 0 saturated heterocycles. The number of benzene rings is 1. The number of pyridine rings is 1. The molecule has 0 fully saturated rings. The summed E-state index contributed by atoms with van der Waals surface area (Å²) in [4.78, 5) is 5.35. The highest BCUT2D eigenvalue weighted by Crippen LogP contribution is 2.24. The maximum absolute atomic E-state index is 9.09. The number of nitrogens with zero attached hydrogens (tertiary/aromatic N) is 2. The van der Waals surface area contributed by atoms with Gasteiger partial charge in [-0.25, -0.2) is 4.98 Å². The maximum atomic E-state index is 9.09. The van der Waals surface area contributed by atoms with Gasteiger partial charge in [0.1, 0.15) is 6.07 Å². The SMILES string of the molecule is CCSc1ccc(-c2ccccc2)nc1C#N. The Morgan fingerprint density at radius 3 is 2.59 bits per heavy atom. The van der Waals surface area contributed by atoms with Gasteiger partial charge in [-0.1, -0.05) is 37.3 Å². The number of rotatable bonds is 3. The van der Waals surface area contributed by atoms with E-state index >= 15 is 0 Å². The van der Waals surface area contributed by atoms with Gasteiger partial charge in [0.05, 0.1) is 5.69 Å². The average molecular weight is 240 g/mol. The Labute approximate surface area is 105 Å². The van der Waals surface area contributed by atoms with Crippen LogP contribution in [-0.4, -0.2) is 10.7 Å². The zero-order chi connectivity index (χ0) is 12.1. The minimum Gasteiger partial charge on any atom is -0.236 e. The summed E-state index contributed by atoms with van der Waals surface area (Å²) in [7, 11) is 0. The Bertz CT molecular complexity index is 544. The quantitative estimate of drug-likeness (QED) is 0.767. The van der Waals surface area contributed by atoms with Crippen LogP contribution in [0.5, 0.6) is 0 Å². The van der Waals surface area contributed by atoms with Gasteiger partial charge in [0, 0.05) is 10.5 Å². The van der Waals surface area contributed by atoms with Crippen LogP contribution in [0, 0.1) is 11.3 Å². The van der Waals surface area contributed by atoms with Gasteiger partial charge in [0.2, 0.25) is 0 Å². The standard InChI is InChI=1S/C14H12N2S/c1-2-17-14-9-8-12(16-13(14)10-15)11-6-4-3-5-7-11/h3-9H,2H2,1H3. The summed E-state index contributed by atoms with van der Waals surface area (Å²) in [5.74, 6) is 0.945. The average Bonchev–Trinajstić information content (AvgIpc) is 2.40. The van der Waals surface area contributed by atoms with Gasteiger partial charge in [-0.2, -0.15) is 5.26 Å². The third kappa shape index (κ3) is 2.66. The first kappa shape index (κ1) is 11.7. The van der Waals surface area contributed by atoms with Crippen molar-refractivity contribution in [3.63, 3.8) is 0 Å². The van der Waals surface area contributed by atoms with Crippen molar-refractivity contribution in [2.45, 2.75) is 11.8 Å². The number of aromatic nitrogens is 1. The van der Waals surface area contributed by atoms with Gasteiger partial charge in [-0.05, 0) is 17.9 Å². The molecule has 0 amide bonds. The van der Waals surface area contributed by atoms with Crippen molar-refractivity contribution in [2.75, 3.05) is 5.75 Å². The molecule has 0 aliphatic rings. The van der Waals surface area contributed by atoms with Crippen molar-refractivity contribution < 1.29 is 0 Å². The van der Waals surface area contributed by atoms with E-state index in [0.29, 0.717) is 5.69 Å². The van der Waals surface area contributed by atoms with Gasteiger partial charge < -0.3 is 0 Å². The summed E-state index contributed by atoms with van der Waals surface area (Å²) in [5, 5.41) is 9.09. The lowest BCUT2D eigenvalue weighted by Crippen LogP contribution is -1.91. The molecule has 0 aliphatic heterocycles. The van der Waals surface area contributed by atoms with Crippen LogP contribution >= 0.6 is 11.8 Å². The van der Waals surface area contributed by atoms with E-state index in [4.69, 9.17) is 5.26 Å². The molecule has 84 valence electrons. The molecule has 2 aromatic rings. The van der Waals surface area contributed by atoms with Gasteiger partial charge in [-0.3, -0.25) is 0 Å². The van der Waals surface area contributed by atoms with E-state index in [9.17, 15) is 0 Å². The Hall–Kier alpha value is -1.79. The van der Waals surface area contributed by atoms with Crippen molar-refractivity contribution in [1.82, 2.24) is 4.98 Å². The molecular formula is C14H12N2S. The molecule has 0 atom stereocenters. The molecule has 1 heterocycles. The molecule has 1 aromatic carbocycles. The number of hydrogen-bond acceptors (Lipinski definition) is 3. The Morgan fingerprint density at radius 2 is 1.94 bits per heavy atom. The van der Waals surface area contributed by atoms with Crippen LogP contribution in [-0.2, 0) is 0 Å². The fraction of sp³-hybridized carbons (Fsp3) is 0.143. The first-order chi connectivity index (χ1) is 8.35. The smallest absolute Gasteiger partial charge is 0.154 e. The fourth-order valence-corrected chi connectivity index (χ4v) is 2.27. The zero-order valence-electron chi connectivity index (χ0n) is 9.55. The topological polar surface area (TPSA) is 36.7 Å². The lowest BCUT2D eigenvalue weighted by Gasteiger charge is -2.04. The van der Waals surface area contributed by atoms with E-state index in [-0.39, 0.29) is 0 Å². The molecule has 0 aliphatic carbocycles. The molecule has 1 aromatic heterocycles. The second-order valence-electron chi connectivity index (χ2n) is 3.45. The van der Waals surface area contributed by atoms with E-state index in [1.54, 1.807) is 11.8 Å². The monoisotopic (exact) mass is 240 g/mol. The van der Waals surface area contributed by atoms with Gasteiger partial charge in [-0.15, -0.1) is 11.8 Å². The van der Waals surface area contributed by atoms with Crippen molar-refractivity contribution >= 4 is 11.8 Å². The number of thioether (sulfide) groups is 1. The molecule has 0 N–H and O–H groups in total. The largest absolute Gasteiger partial charge is 0.236 e. The van der Waals surface area contributed by atoms with Crippen LogP contribution < -0.4 is 0 Å². The summed E-state index contributed by atoms with van der Waals surface area (Å²) in [6.45, 7) is 2.07. The zero-order valence-corrected chi connectivity index (χ0v) is 10.4. The fourth-order valence-electron chi connectivity index (χ4n) is 1.57. The second kappa shape index (κ2) is 5.51. The van der Waals surface area contributed by atoms with Crippen LogP contribution in [0.15, 0.2) is 47.4 Å². The second-order valence-corrected chi connectivity index (χ2v) is 4.76. The van der Waals surface area contributed by atoms with Gasteiger partial charge in [0.15, 0.2) is 5.69 Å². The predicted octanol–water partition coefficient (Wildman–Crippen LogP) is 3.73. The van der Waals surface area contributed by atoms with Crippen LogP contribution in [0.2, 0.25) is 0 Å². The summed E-state index contributed by atoms with van der Waals surface area (Å²) in [5.41, 5.74) is 2.40.